The summed E-state index contributed by atoms with van der Waals surface area (Å²) in [5.74, 6) is 0.175. The molecule has 1 aromatic rings. The molecular weight excluding hydrogens is 272 g/mol. The molecule has 1 fully saturated rings. The Morgan fingerprint density at radius 1 is 1.69 bits per heavy atom. The summed E-state index contributed by atoms with van der Waals surface area (Å²) in [5.41, 5.74) is 0.676. The van der Waals surface area contributed by atoms with Crippen molar-refractivity contribution in [1.29, 1.82) is 0 Å². The van der Waals surface area contributed by atoms with Crippen LogP contribution < -0.4 is 5.32 Å². The van der Waals surface area contributed by atoms with E-state index in [0.29, 0.717) is 16.9 Å². The lowest BCUT2D eigenvalue weighted by atomic mass is 10.0. The lowest BCUT2D eigenvalue weighted by Gasteiger charge is -2.14. The number of nitrogens with zero attached hydrogens (tertiary/aromatic N) is 1. The molecule has 1 aliphatic heterocycles. The topological polar surface area (TPSA) is 51.2 Å². The van der Waals surface area contributed by atoms with Crippen molar-refractivity contribution in [3.05, 3.63) is 22.9 Å². The fraction of sp³-hybridized carbons (Fsp3) is 0.455. The van der Waals surface area contributed by atoms with Crippen molar-refractivity contribution >= 4 is 27.5 Å². The highest BCUT2D eigenvalue weighted by molar-refractivity contribution is 9.10. The molecule has 1 saturated heterocycles. The maximum absolute atomic E-state index is 11.9. The van der Waals surface area contributed by atoms with Crippen LogP contribution in [0.4, 0.5) is 5.69 Å². The first kappa shape index (κ1) is 11.5. The van der Waals surface area contributed by atoms with Crippen molar-refractivity contribution in [2.24, 2.45) is 5.92 Å². The average Bonchev–Trinajstić information content (AvgIpc) is 2.68. The quantitative estimate of drug-likeness (QED) is 0.848. The van der Waals surface area contributed by atoms with Crippen molar-refractivity contribution in [2.75, 3.05) is 11.9 Å². The van der Waals surface area contributed by atoms with Crippen LogP contribution in [0.1, 0.15) is 13.3 Å². The summed E-state index contributed by atoms with van der Waals surface area (Å²) in [6, 6.07) is 3.58. The molecule has 0 aromatic carbocycles. The van der Waals surface area contributed by atoms with Gasteiger partial charge in [-0.25, -0.2) is 4.98 Å². The SMILES string of the molecule is CC1CCOC1C(=O)Nc1cccnc1Br. The maximum atomic E-state index is 11.9. The number of anilines is 1. The molecule has 1 aromatic heterocycles. The van der Waals surface area contributed by atoms with Crippen LogP contribution >= 0.6 is 15.9 Å². The summed E-state index contributed by atoms with van der Waals surface area (Å²) in [7, 11) is 0. The van der Waals surface area contributed by atoms with Crippen molar-refractivity contribution in [1.82, 2.24) is 4.98 Å². The van der Waals surface area contributed by atoms with E-state index in [4.69, 9.17) is 4.74 Å². The first-order valence-electron chi connectivity index (χ1n) is 5.21. The summed E-state index contributed by atoms with van der Waals surface area (Å²) >= 11 is 3.28. The molecule has 1 aliphatic rings. The van der Waals surface area contributed by atoms with Gasteiger partial charge in [-0.05, 0) is 40.4 Å². The van der Waals surface area contributed by atoms with Crippen molar-refractivity contribution < 1.29 is 9.53 Å². The number of amides is 1. The number of pyridine rings is 1. The van der Waals surface area contributed by atoms with Crippen molar-refractivity contribution in [3.8, 4) is 0 Å². The molecule has 0 saturated carbocycles. The Morgan fingerprint density at radius 3 is 3.12 bits per heavy atom. The number of halogens is 1. The van der Waals surface area contributed by atoms with E-state index in [-0.39, 0.29) is 17.9 Å². The highest BCUT2D eigenvalue weighted by atomic mass is 79.9. The van der Waals surface area contributed by atoms with Gasteiger partial charge in [0.25, 0.3) is 5.91 Å². The van der Waals surface area contributed by atoms with Gasteiger partial charge in [-0.1, -0.05) is 6.92 Å². The van der Waals surface area contributed by atoms with Gasteiger partial charge >= 0.3 is 0 Å². The number of nitrogens with one attached hydrogen (secondary N) is 1. The van der Waals surface area contributed by atoms with Gasteiger partial charge in [0.15, 0.2) is 0 Å². The van der Waals surface area contributed by atoms with Gasteiger partial charge in [0, 0.05) is 12.8 Å². The van der Waals surface area contributed by atoms with Crippen LogP contribution in [-0.4, -0.2) is 23.6 Å². The fourth-order valence-corrected chi connectivity index (χ4v) is 2.06. The molecule has 2 rings (SSSR count). The molecule has 1 N–H and O–H groups in total. The smallest absolute Gasteiger partial charge is 0.253 e. The van der Waals surface area contributed by atoms with Crippen LogP contribution in [0.15, 0.2) is 22.9 Å². The third kappa shape index (κ3) is 2.41. The van der Waals surface area contributed by atoms with Crippen molar-refractivity contribution in [3.63, 3.8) is 0 Å². The molecule has 0 radical (unpaired) electrons. The van der Waals surface area contributed by atoms with E-state index in [9.17, 15) is 4.79 Å². The fourth-order valence-electron chi connectivity index (χ4n) is 1.71. The van der Waals surface area contributed by atoms with Crippen LogP contribution in [0.5, 0.6) is 0 Å². The molecule has 1 amide bonds. The maximum Gasteiger partial charge on any atom is 0.253 e. The average molecular weight is 285 g/mol. The van der Waals surface area contributed by atoms with Crippen molar-refractivity contribution in [2.45, 2.75) is 19.4 Å². The summed E-state index contributed by atoms with van der Waals surface area (Å²) in [6.45, 7) is 2.68. The highest BCUT2D eigenvalue weighted by Crippen LogP contribution is 2.23. The molecule has 0 bridgehead atoms. The van der Waals surface area contributed by atoms with E-state index in [0.717, 1.165) is 6.42 Å². The molecular formula is C11H13BrN2O2. The minimum absolute atomic E-state index is 0.0984. The zero-order valence-corrected chi connectivity index (χ0v) is 10.5. The second-order valence-electron chi connectivity index (χ2n) is 3.89. The number of aromatic nitrogens is 1. The monoisotopic (exact) mass is 284 g/mol. The van der Waals surface area contributed by atoms with E-state index >= 15 is 0 Å². The van der Waals surface area contributed by atoms with Gasteiger partial charge in [-0.2, -0.15) is 0 Å². The normalized spacial score (nSPS) is 24.4. The zero-order valence-electron chi connectivity index (χ0n) is 8.94. The third-order valence-electron chi connectivity index (χ3n) is 2.66. The number of hydrogen-bond acceptors (Lipinski definition) is 3. The molecule has 16 heavy (non-hydrogen) atoms. The number of rotatable bonds is 2. The Morgan fingerprint density at radius 2 is 2.50 bits per heavy atom. The van der Waals surface area contributed by atoms with Gasteiger partial charge in [-0.3, -0.25) is 4.79 Å². The van der Waals surface area contributed by atoms with E-state index < -0.39 is 0 Å². The molecule has 0 aliphatic carbocycles. The summed E-state index contributed by atoms with van der Waals surface area (Å²) in [5, 5.41) is 2.81. The van der Waals surface area contributed by atoms with E-state index in [1.54, 1.807) is 18.3 Å². The largest absolute Gasteiger partial charge is 0.368 e. The lowest BCUT2D eigenvalue weighted by molar-refractivity contribution is -0.126. The number of carbonyl (C=O) groups is 1. The Hall–Kier alpha value is -0.940. The molecule has 86 valence electrons. The Bertz CT molecular complexity index is 397. The second-order valence-corrected chi connectivity index (χ2v) is 4.64. The number of ether oxygens (including phenoxy) is 1. The summed E-state index contributed by atoms with van der Waals surface area (Å²) < 4.78 is 6.02. The molecule has 5 heteroatoms. The van der Waals surface area contributed by atoms with Gasteiger partial charge < -0.3 is 10.1 Å². The molecule has 2 unspecified atom stereocenters. The number of carbonyl (C=O) groups excluding carboxylic acids is 1. The van der Waals surface area contributed by atoms with Gasteiger partial charge in [0.2, 0.25) is 0 Å². The zero-order chi connectivity index (χ0) is 11.5. The summed E-state index contributed by atoms with van der Waals surface area (Å²) in [4.78, 5) is 15.9. The van der Waals surface area contributed by atoms with E-state index in [1.807, 2.05) is 6.92 Å². The Labute approximate surface area is 103 Å². The van der Waals surface area contributed by atoms with E-state index in [1.165, 1.54) is 0 Å². The molecule has 2 heterocycles. The molecule has 2 atom stereocenters. The van der Waals surface area contributed by atoms with E-state index in [2.05, 4.69) is 26.2 Å². The second kappa shape index (κ2) is 4.93. The Kier molecular flexibility index (Phi) is 3.56. The first-order chi connectivity index (χ1) is 7.68. The van der Waals surface area contributed by atoms with Crippen LogP contribution in [0, 0.1) is 5.92 Å². The van der Waals surface area contributed by atoms with Gasteiger partial charge in [0.05, 0.1) is 5.69 Å². The predicted octanol–water partition coefficient (Wildman–Crippen LogP) is 2.21. The van der Waals surface area contributed by atoms with Crippen LogP contribution in [0.3, 0.4) is 0 Å². The van der Waals surface area contributed by atoms with Crippen LogP contribution in [0.25, 0.3) is 0 Å². The van der Waals surface area contributed by atoms with Crippen LogP contribution in [0.2, 0.25) is 0 Å². The van der Waals surface area contributed by atoms with Gasteiger partial charge in [-0.15, -0.1) is 0 Å². The standard InChI is InChI=1S/C11H13BrN2O2/c1-7-4-6-16-9(7)11(15)14-8-3-2-5-13-10(8)12/h2-3,5,7,9H,4,6H2,1H3,(H,14,15). The highest BCUT2D eigenvalue weighted by Gasteiger charge is 2.31. The van der Waals surface area contributed by atoms with Gasteiger partial charge in [0.1, 0.15) is 10.7 Å². The Balaban J connectivity index is 2.05. The first-order valence-corrected chi connectivity index (χ1v) is 6.01. The predicted molar refractivity (Wildman–Crippen MR) is 64.1 cm³/mol. The minimum atomic E-state index is -0.341. The molecule has 4 nitrogen and oxygen atoms in total. The molecule has 0 spiro atoms. The lowest BCUT2D eigenvalue weighted by Crippen LogP contribution is -2.31. The third-order valence-corrected chi connectivity index (χ3v) is 3.29. The van der Waals surface area contributed by atoms with Crippen LogP contribution in [-0.2, 0) is 9.53 Å². The minimum Gasteiger partial charge on any atom is -0.368 e. The number of hydrogen-bond donors (Lipinski definition) is 1. The summed E-state index contributed by atoms with van der Waals surface area (Å²) in [6.07, 6.45) is 2.26.